The van der Waals surface area contributed by atoms with Gasteiger partial charge in [-0.3, -0.25) is 10.1 Å². The van der Waals surface area contributed by atoms with Crippen LogP contribution in [0.15, 0.2) is 91.0 Å². The molecule has 0 saturated carbocycles. The minimum atomic E-state index is -0.259. The summed E-state index contributed by atoms with van der Waals surface area (Å²) in [6, 6.07) is 26.7. The first kappa shape index (κ1) is 19.6. The summed E-state index contributed by atoms with van der Waals surface area (Å²) in [5.41, 5.74) is 3.53. The van der Waals surface area contributed by atoms with Crippen LogP contribution in [0.3, 0.4) is 0 Å². The van der Waals surface area contributed by atoms with Crippen molar-refractivity contribution in [3.05, 3.63) is 108 Å². The minimum absolute atomic E-state index is 0.206. The molecule has 1 aromatic heterocycles. The standard InChI is InChI=1S/C25H21N5O2/c1-32-20-14-12-18(13-15-20)22-16-21(17-8-4-2-5-9-17)26-25-28-24(29-30(22)25)27-23(31)19-10-6-3-7-11-19/h2-16,22H,1H3,(H2,26,27,28,29,31)/t22-/m0/s1. The molecule has 0 radical (unpaired) electrons. The summed E-state index contributed by atoms with van der Waals surface area (Å²) in [4.78, 5) is 17.1. The number of amides is 1. The summed E-state index contributed by atoms with van der Waals surface area (Å²) in [7, 11) is 1.64. The van der Waals surface area contributed by atoms with Gasteiger partial charge in [-0.25, -0.2) is 4.68 Å². The molecule has 2 heterocycles. The van der Waals surface area contributed by atoms with E-state index in [1.165, 1.54) is 0 Å². The third-order valence-corrected chi connectivity index (χ3v) is 5.27. The van der Waals surface area contributed by atoms with Crippen LogP contribution < -0.4 is 15.4 Å². The maximum atomic E-state index is 12.6. The monoisotopic (exact) mass is 423 g/mol. The number of fused-ring (bicyclic) bond motifs is 1. The van der Waals surface area contributed by atoms with Crippen LogP contribution in [0.25, 0.3) is 5.70 Å². The summed E-state index contributed by atoms with van der Waals surface area (Å²) in [6.07, 6.45) is 2.10. The lowest BCUT2D eigenvalue weighted by atomic mass is 10.0. The molecule has 32 heavy (non-hydrogen) atoms. The van der Waals surface area contributed by atoms with Crippen molar-refractivity contribution in [3.63, 3.8) is 0 Å². The summed E-state index contributed by atoms with van der Waals surface area (Å²) in [5.74, 6) is 1.31. The molecular formula is C25H21N5O2. The zero-order valence-electron chi connectivity index (χ0n) is 17.4. The van der Waals surface area contributed by atoms with Crippen molar-refractivity contribution in [1.29, 1.82) is 0 Å². The second kappa shape index (κ2) is 8.39. The first-order valence-corrected chi connectivity index (χ1v) is 10.2. The van der Waals surface area contributed by atoms with Gasteiger partial charge < -0.3 is 10.1 Å². The highest BCUT2D eigenvalue weighted by Crippen LogP contribution is 2.33. The number of benzene rings is 3. The smallest absolute Gasteiger partial charge is 0.258 e. The van der Waals surface area contributed by atoms with Gasteiger partial charge in [0.1, 0.15) is 11.8 Å². The van der Waals surface area contributed by atoms with Gasteiger partial charge in [0.2, 0.25) is 5.95 Å². The Labute approximate surface area is 185 Å². The minimum Gasteiger partial charge on any atom is -0.497 e. The molecule has 0 spiro atoms. The first-order valence-electron chi connectivity index (χ1n) is 10.2. The van der Waals surface area contributed by atoms with Crippen LogP contribution >= 0.6 is 0 Å². The Hall–Kier alpha value is -4.39. The van der Waals surface area contributed by atoms with E-state index in [9.17, 15) is 4.79 Å². The molecular weight excluding hydrogens is 402 g/mol. The van der Waals surface area contributed by atoms with Crippen molar-refractivity contribution >= 4 is 23.5 Å². The number of aromatic nitrogens is 3. The second-order valence-electron chi connectivity index (χ2n) is 7.31. The Morgan fingerprint density at radius 2 is 1.66 bits per heavy atom. The predicted molar refractivity (Wildman–Crippen MR) is 124 cm³/mol. The molecule has 7 heteroatoms. The fourth-order valence-corrected chi connectivity index (χ4v) is 3.63. The Balaban J connectivity index is 1.51. The van der Waals surface area contributed by atoms with E-state index in [1.54, 1.807) is 23.9 Å². The number of methoxy groups -OCH3 is 1. The average molecular weight is 423 g/mol. The first-order chi connectivity index (χ1) is 15.7. The number of ether oxygens (including phenoxy) is 1. The molecule has 158 valence electrons. The van der Waals surface area contributed by atoms with Crippen LogP contribution in [0.2, 0.25) is 0 Å². The van der Waals surface area contributed by atoms with Crippen molar-refractivity contribution < 1.29 is 9.53 Å². The van der Waals surface area contributed by atoms with Gasteiger partial charge in [0.25, 0.3) is 11.9 Å². The molecule has 1 aliphatic rings. The largest absolute Gasteiger partial charge is 0.497 e. The molecule has 1 amide bonds. The van der Waals surface area contributed by atoms with Gasteiger partial charge in [-0.15, -0.1) is 5.10 Å². The molecule has 0 bridgehead atoms. The van der Waals surface area contributed by atoms with E-state index < -0.39 is 0 Å². The molecule has 0 fully saturated rings. The third kappa shape index (κ3) is 3.83. The highest BCUT2D eigenvalue weighted by molar-refractivity contribution is 6.03. The zero-order chi connectivity index (χ0) is 21.9. The number of hydrogen-bond donors (Lipinski definition) is 2. The van der Waals surface area contributed by atoms with E-state index in [2.05, 4.69) is 26.8 Å². The number of rotatable bonds is 5. The second-order valence-corrected chi connectivity index (χ2v) is 7.31. The Bertz CT molecular complexity index is 1260. The van der Waals surface area contributed by atoms with Crippen molar-refractivity contribution in [2.24, 2.45) is 0 Å². The molecule has 1 aliphatic heterocycles. The molecule has 0 aliphatic carbocycles. The maximum absolute atomic E-state index is 12.6. The van der Waals surface area contributed by atoms with Crippen molar-refractivity contribution in [2.45, 2.75) is 6.04 Å². The molecule has 5 rings (SSSR count). The van der Waals surface area contributed by atoms with Crippen molar-refractivity contribution in [3.8, 4) is 5.75 Å². The van der Waals surface area contributed by atoms with Crippen LogP contribution in [-0.4, -0.2) is 27.8 Å². The Morgan fingerprint density at radius 3 is 2.34 bits per heavy atom. The van der Waals surface area contributed by atoms with Crippen molar-refractivity contribution in [1.82, 2.24) is 14.8 Å². The third-order valence-electron chi connectivity index (χ3n) is 5.27. The van der Waals surface area contributed by atoms with E-state index in [-0.39, 0.29) is 17.9 Å². The fraction of sp³-hybridized carbons (Fsp3) is 0.0800. The lowest BCUT2D eigenvalue weighted by Gasteiger charge is -2.24. The number of allylic oxidation sites excluding steroid dienone is 1. The molecule has 7 nitrogen and oxygen atoms in total. The van der Waals surface area contributed by atoms with Gasteiger partial charge in [-0.1, -0.05) is 60.7 Å². The van der Waals surface area contributed by atoms with Gasteiger partial charge in [0, 0.05) is 11.3 Å². The average Bonchev–Trinajstić information content (AvgIpc) is 3.27. The van der Waals surface area contributed by atoms with Crippen LogP contribution in [0.1, 0.15) is 27.5 Å². The molecule has 2 N–H and O–H groups in total. The zero-order valence-corrected chi connectivity index (χ0v) is 17.4. The number of carbonyl (C=O) groups excluding carboxylic acids is 1. The van der Waals surface area contributed by atoms with Crippen LogP contribution in [0, 0.1) is 0 Å². The highest BCUT2D eigenvalue weighted by atomic mass is 16.5. The number of nitrogens with zero attached hydrogens (tertiary/aromatic N) is 3. The van der Waals surface area contributed by atoms with Gasteiger partial charge in [0.15, 0.2) is 0 Å². The number of anilines is 2. The predicted octanol–water partition coefficient (Wildman–Crippen LogP) is 4.60. The van der Waals surface area contributed by atoms with Gasteiger partial charge in [-0.2, -0.15) is 4.98 Å². The highest BCUT2D eigenvalue weighted by Gasteiger charge is 2.26. The summed E-state index contributed by atoms with van der Waals surface area (Å²) < 4.78 is 7.07. The SMILES string of the molecule is COc1ccc([C@@H]2C=C(c3ccccc3)Nc3nc(NC(=O)c4ccccc4)nn32)cc1. The number of hydrogen-bond acceptors (Lipinski definition) is 5. The molecule has 1 atom stereocenters. The Kier molecular flexibility index (Phi) is 5.13. The van der Waals surface area contributed by atoms with Gasteiger partial charge in [0.05, 0.1) is 7.11 Å². The van der Waals surface area contributed by atoms with Crippen LogP contribution in [0.5, 0.6) is 5.75 Å². The summed E-state index contributed by atoms with van der Waals surface area (Å²) in [6.45, 7) is 0. The molecule has 0 saturated heterocycles. The van der Waals surface area contributed by atoms with E-state index in [4.69, 9.17) is 4.74 Å². The van der Waals surface area contributed by atoms with Crippen LogP contribution in [-0.2, 0) is 0 Å². The van der Waals surface area contributed by atoms with E-state index in [1.807, 2.05) is 72.8 Å². The van der Waals surface area contributed by atoms with E-state index in [0.717, 1.165) is 22.6 Å². The quantitative estimate of drug-likeness (QED) is 0.491. The number of nitrogens with one attached hydrogen (secondary N) is 2. The summed E-state index contributed by atoms with van der Waals surface area (Å²) in [5, 5.41) is 10.7. The fourth-order valence-electron chi connectivity index (χ4n) is 3.63. The Morgan fingerprint density at radius 1 is 0.969 bits per heavy atom. The molecule has 4 aromatic rings. The topological polar surface area (TPSA) is 81.1 Å². The number of carbonyl (C=O) groups is 1. The van der Waals surface area contributed by atoms with Gasteiger partial charge >= 0.3 is 0 Å². The van der Waals surface area contributed by atoms with Gasteiger partial charge in [-0.05, 0) is 41.5 Å². The van der Waals surface area contributed by atoms with E-state index in [0.29, 0.717) is 11.5 Å². The summed E-state index contributed by atoms with van der Waals surface area (Å²) >= 11 is 0. The maximum Gasteiger partial charge on any atom is 0.258 e. The van der Waals surface area contributed by atoms with Crippen molar-refractivity contribution in [2.75, 3.05) is 17.7 Å². The molecule has 0 unspecified atom stereocenters. The normalized spacial score (nSPS) is 14.7. The molecule has 3 aromatic carbocycles. The van der Waals surface area contributed by atoms with E-state index >= 15 is 0 Å². The lowest BCUT2D eigenvalue weighted by Crippen LogP contribution is -2.20. The lowest BCUT2D eigenvalue weighted by molar-refractivity contribution is 0.102. The van der Waals surface area contributed by atoms with Crippen LogP contribution in [0.4, 0.5) is 11.9 Å².